The number of anilines is 2. The second-order valence-corrected chi connectivity index (χ2v) is 10.6. The van der Waals surface area contributed by atoms with Gasteiger partial charge in [-0.1, -0.05) is 57.0 Å². The van der Waals surface area contributed by atoms with Crippen LogP contribution < -0.4 is 10.2 Å². The molecule has 4 rings (SSSR count). The van der Waals surface area contributed by atoms with E-state index in [2.05, 4.69) is 79.2 Å². The normalized spacial score (nSPS) is 20.3. The topological polar surface area (TPSA) is 18.5 Å². The van der Waals surface area contributed by atoms with Crippen LogP contribution in [0.25, 0.3) is 0 Å². The van der Waals surface area contributed by atoms with Crippen LogP contribution in [-0.2, 0) is 13.0 Å². The molecule has 1 aliphatic carbocycles. The molecule has 0 radical (unpaired) electrons. The molecule has 1 heterocycles. The lowest BCUT2D eigenvalue weighted by Gasteiger charge is -2.41. The first kappa shape index (κ1) is 24.1. The summed E-state index contributed by atoms with van der Waals surface area (Å²) in [6, 6.07) is 14.1. The summed E-state index contributed by atoms with van der Waals surface area (Å²) in [6.45, 7) is 12.2. The molecule has 0 spiro atoms. The smallest absolute Gasteiger partial charge is 0.174 e. The highest BCUT2D eigenvalue weighted by atomic mass is 32.1. The minimum Gasteiger partial charge on any atom is -0.371 e. The lowest BCUT2D eigenvalue weighted by molar-refractivity contribution is 0.177. The quantitative estimate of drug-likeness (QED) is 0.455. The SMILES string of the molecule is CCCN1CCCc2cc(CN(C(=S)Nc3c(C)cccc3C)C3CCCCC3C)ccc21. The van der Waals surface area contributed by atoms with Crippen LogP contribution in [0, 0.1) is 19.8 Å². The fourth-order valence-electron chi connectivity index (χ4n) is 5.82. The molecule has 0 saturated heterocycles. The van der Waals surface area contributed by atoms with Gasteiger partial charge in [0.15, 0.2) is 5.11 Å². The van der Waals surface area contributed by atoms with Gasteiger partial charge in [0, 0.05) is 37.1 Å². The van der Waals surface area contributed by atoms with Crippen molar-refractivity contribution in [1.29, 1.82) is 0 Å². The zero-order valence-electron chi connectivity index (χ0n) is 21.0. The fourth-order valence-corrected chi connectivity index (χ4v) is 6.12. The van der Waals surface area contributed by atoms with Crippen LogP contribution >= 0.6 is 12.2 Å². The van der Waals surface area contributed by atoms with E-state index in [9.17, 15) is 0 Å². The molecule has 2 aromatic rings. The van der Waals surface area contributed by atoms with E-state index in [1.165, 1.54) is 79.4 Å². The standard InChI is InChI=1S/C29H41N3S/c1-5-17-31-18-9-13-25-19-24(15-16-27(25)31)20-32(26-14-7-6-10-21(26)2)29(33)30-28-22(3)11-8-12-23(28)4/h8,11-12,15-16,19,21,26H,5-7,9-10,13-14,17-18,20H2,1-4H3,(H,30,33). The third-order valence-corrected chi connectivity index (χ3v) is 7.98. The number of hydrogen-bond donors (Lipinski definition) is 1. The van der Waals surface area contributed by atoms with E-state index in [1.807, 2.05) is 0 Å². The predicted molar refractivity (Wildman–Crippen MR) is 146 cm³/mol. The van der Waals surface area contributed by atoms with Crippen LogP contribution in [0.15, 0.2) is 36.4 Å². The molecule has 2 aliphatic rings. The molecule has 1 fully saturated rings. The minimum absolute atomic E-state index is 0.496. The van der Waals surface area contributed by atoms with Crippen molar-refractivity contribution in [2.45, 2.75) is 85.2 Å². The number of nitrogens with zero attached hydrogens (tertiary/aromatic N) is 2. The third kappa shape index (κ3) is 5.54. The molecule has 178 valence electrons. The van der Waals surface area contributed by atoms with Gasteiger partial charge in [-0.15, -0.1) is 0 Å². The maximum atomic E-state index is 6.09. The van der Waals surface area contributed by atoms with Gasteiger partial charge < -0.3 is 15.1 Å². The molecule has 2 unspecified atom stereocenters. The van der Waals surface area contributed by atoms with E-state index in [1.54, 1.807) is 0 Å². The third-order valence-electron chi connectivity index (χ3n) is 7.65. The Balaban J connectivity index is 1.60. The summed E-state index contributed by atoms with van der Waals surface area (Å²) < 4.78 is 0. The zero-order chi connectivity index (χ0) is 23.4. The highest BCUT2D eigenvalue weighted by Crippen LogP contribution is 2.32. The Morgan fingerprint density at radius 1 is 1.09 bits per heavy atom. The van der Waals surface area contributed by atoms with Gasteiger partial charge in [0.25, 0.3) is 0 Å². The Hall–Kier alpha value is -2.07. The monoisotopic (exact) mass is 463 g/mol. The van der Waals surface area contributed by atoms with E-state index in [0.717, 1.165) is 23.9 Å². The molecule has 2 atom stereocenters. The molecule has 0 amide bonds. The molecule has 33 heavy (non-hydrogen) atoms. The summed E-state index contributed by atoms with van der Waals surface area (Å²) in [5.41, 5.74) is 8.00. The first-order valence-corrected chi connectivity index (χ1v) is 13.4. The second-order valence-electron chi connectivity index (χ2n) is 10.2. The van der Waals surface area contributed by atoms with Gasteiger partial charge in [-0.25, -0.2) is 0 Å². The van der Waals surface area contributed by atoms with E-state index in [0.29, 0.717) is 12.0 Å². The van der Waals surface area contributed by atoms with Gasteiger partial charge in [0.1, 0.15) is 0 Å². The van der Waals surface area contributed by atoms with E-state index >= 15 is 0 Å². The van der Waals surface area contributed by atoms with Crippen molar-refractivity contribution in [1.82, 2.24) is 4.90 Å². The summed E-state index contributed by atoms with van der Waals surface area (Å²) in [7, 11) is 0. The van der Waals surface area contributed by atoms with Gasteiger partial charge in [0.05, 0.1) is 0 Å². The van der Waals surface area contributed by atoms with Crippen LogP contribution in [0.4, 0.5) is 11.4 Å². The van der Waals surface area contributed by atoms with Crippen LogP contribution in [0.3, 0.4) is 0 Å². The number of thiocarbonyl (C=S) groups is 1. The highest BCUT2D eigenvalue weighted by molar-refractivity contribution is 7.80. The highest BCUT2D eigenvalue weighted by Gasteiger charge is 2.29. The molecular weight excluding hydrogens is 422 g/mol. The molecule has 1 N–H and O–H groups in total. The van der Waals surface area contributed by atoms with Crippen LogP contribution in [0.5, 0.6) is 0 Å². The molecular formula is C29H41N3S. The Morgan fingerprint density at radius 2 is 1.85 bits per heavy atom. The lowest BCUT2D eigenvalue weighted by atomic mass is 9.84. The van der Waals surface area contributed by atoms with Gasteiger partial charge in [-0.2, -0.15) is 0 Å². The van der Waals surface area contributed by atoms with Crippen molar-refractivity contribution < 1.29 is 0 Å². The van der Waals surface area contributed by atoms with E-state index < -0.39 is 0 Å². The van der Waals surface area contributed by atoms with Gasteiger partial charge in [0.2, 0.25) is 0 Å². The molecule has 0 bridgehead atoms. The van der Waals surface area contributed by atoms with Gasteiger partial charge >= 0.3 is 0 Å². The Kier molecular flexibility index (Phi) is 7.95. The molecule has 1 saturated carbocycles. The number of benzene rings is 2. The maximum absolute atomic E-state index is 6.09. The minimum atomic E-state index is 0.496. The zero-order valence-corrected chi connectivity index (χ0v) is 21.8. The first-order chi connectivity index (χ1) is 16.0. The van der Waals surface area contributed by atoms with Crippen molar-refractivity contribution in [3.8, 4) is 0 Å². The van der Waals surface area contributed by atoms with Crippen LogP contribution in [0.1, 0.15) is 74.6 Å². The van der Waals surface area contributed by atoms with Gasteiger partial charge in [-0.05, 0) is 92.4 Å². The number of hydrogen-bond acceptors (Lipinski definition) is 2. The van der Waals surface area contributed by atoms with Crippen molar-refractivity contribution >= 4 is 28.7 Å². The summed E-state index contributed by atoms with van der Waals surface area (Å²) in [5, 5.41) is 4.52. The number of aryl methyl sites for hydroxylation is 3. The number of rotatable bonds is 6. The summed E-state index contributed by atoms with van der Waals surface area (Å²) in [4.78, 5) is 5.07. The fraction of sp³-hybridized carbons (Fsp3) is 0.552. The first-order valence-electron chi connectivity index (χ1n) is 13.0. The summed E-state index contributed by atoms with van der Waals surface area (Å²) in [6.07, 6.45) is 8.81. The van der Waals surface area contributed by atoms with E-state index in [4.69, 9.17) is 12.2 Å². The Bertz CT molecular complexity index is 949. The molecule has 4 heteroatoms. The Morgan fingerprint density at radius 3 is 2.58 bits per heavy atom. The van der Waals surface area contributed by atoms with Crippen molar-refractivity contribution in [3.05, 3.63) is 58.7 Å². The van der Waals surface area contributed by atoms with Gasteiger partial charge in [-0.3, -0.25) is 0 Å². The van der Waals surface area contributed by atoms with Crippen molar-refractivity contribution in [2.75, 3.05) is 23.3 Å². The summed E-state index contributed by atoms with van der Waals surface area (Å²) in [5.74, 6) is 0.661. The molecule has 3 nitrogen and oxygen atoms in total. The molecule has 2 aromatic carbocycles. The maximum Gasteiger partial charge on any atom is 0.174 e. The average molecular weight is 464 g/mol. The molecule has 0 aromatic heterocycles. The molecule has 1 aliphatic heterocycles. The van der Waals surface area contributed by atoms with Crippen LogP contribution in [0.2, 0.25) is 0 Å². The Labute approximate surface area is 206 Å². The van der Waals surface area contributed by atoms with Crippen LogP contribution in [-0.4, -0.2) is 29.1 Å². The summed E-state index contributed by atoms with van der Waals surface area (Å²) >= 11 is 6.09. The average Bonchev–Trinajstić information content (AvgIpc) is 2.81. The lowest BCUT2D eigenvalue weighted by Crippen LogP contribution is -2.46. The van der Waals surface area contributed by atoms with Crippen molar-refractivity contribution in [3.63, 3.8) is 0 Å². The number of nitrogens with one attached hydrogen (secondary N) is 1. The van der Waals surface area contributed by atoms with E-state index in [-0.39, 0.29) is 0 Å². The predicted octanol–water partition coefficient (Wildman–Crippen LogP) is 7.24. The van der Waals surface area contributed by atoms with Crippen molar-refractivity contribution in [2.24, 2.45) is 5.92 Å². The number of fused-ring (bicyclic) bond motifs is 1. The second kappa shape index (κ2) is 10.9. The number of para-hydroxylation sites is 1. The largest absolute Gasteiger partial charge is 0.371 e.